The van der Waals surface area contributed by atoms with E-state index in [4.69, 9.17) is 4.98 Å². The maximum atomic E-state index is 11.2. The zero-order valence-corrected chi connectivity index (χ0v) is 18.0. The topological polar surface area (TPSA) is 73.7 Å². The monoisotopic (exact) mass is 406 g/mol. The fourth-order valence-corrected chi connectivity index (χ4v) is 3.95. The third kappa shape index (κ3) is 4.90. The van der Waals surface area contributed by atoms with Crippen molar-refractivity contribution in [1.29, 1.82) is 0 Å². The lowest BCUT2D eigenvalue weighted by molar-refractivity contribution is -0.135. The Morgan fingerprint density at radius 1 is 1.07 bits per heavy atom. The molecule has 0 saturated heterocycles. The summed E-state index contributed by atoms with van der Waals surface area (Å²) < 4.78 is 0. The molecule has 0 unspecified atom stereocenters. The highest BCUT2D eigenvalue weighted by Gasteiger charge is 2.18. The third-order valence-corrected chi connectivity index (χ3v) is 5.48. The molecule has 5 heteroatoms. The summed E-state index contributed by atoms with van der Waals surface area (Å²) in [6.45, 7) is 4.08. The average molecular weight is 407 g/mol. The van der Waals surface area contributed by atoms with E-state index in [0.29, 0.717) is 5.82 Å². The molecule has 0 spiro atoms. The number of carboxylic acid groups (broad SMARTS) is 1. The molecule has 3 rings (SSSR count). The van der Waals surface area contributed by atoms with Gasteiger partial charge >= 0.3 is 5.97 Å². The van der Waals surface area contributed by atoms with Gasteiger partial charge in [-0.25, -0.2) is 4.98 Å². The molecule has 30 heavy (non-hydrogen) atoms. The zero-order chi connectivity index (χ0) is 21.7. The Hall–Kier alpha value is -3.08. The lowest BCUT2D eigenvalue weighted by atomic mass is 9.94. The molecule has 0 aliphatic heterocycles. The van der Waals surface area contributed by atoms with Gasteiger partial charge in [-0.3, -0.25) is 4.79 Å². The fourth-order valence-electron chi connectivity index (χ4n) is 3.95. The van der Waals surface area contributed by atoms with E-state index in [-0.39, 0.29) is 12.3 Å². The van der Waals surface area contributed by atoms with Gasteiger partial charge in [0.25, 0.3) is 0 Å². The maximum Gasteiger partial charge on any atom is 0.323 e. The van der Waals surface area contributed by atoms with Crippen LogP contribution in [0.3, 0.4) is 0 Å². The van der Waals surface area contributed by atoms with Crippen molar-refractivity contribution >= 4 is 22.7 Å². The van der Waals surface area contributed by atoms with Gasteiger partial charge < -0.3 is 15.1 Å². The number of carbonyl (C=O) groups is 1. The number of hydrogen-bond acceptors (Lipinski definition) is 4. The molecule has 2 aromatic carbocycles. The molecule has 0 fully saturated rings. The molecule has 5 nitrogen and oxygen atoms in total. The van der Waals surface area contributed by atoms with E-state index in [9.17, 15) is 15.0 Å². The van der Waals surface area contributed by atoms with Gasteiger partial charge in [0.1, 0.15) is 18.1 Å². The van der Waals surface area contributed by atoms with Gasteiger partial charge in [0, 0.05) is 18.0 Å². The first-order chi connectivity index (χ1) is 14.4. The van der Waals surface area contributed by atoms with Crippen LogP contribution >= 0.6 is 0 Å². The number of anilines is 1. The predicted molar refractivity (Wildman–Crippen MR) is 122 cm³/mol. The van der Waals surface area contributed by atoms with Crippen LogP contribution in [0.25, 0.3) is 22.0 Å². The number of phenols is 1. The Balaban J connectivity index is 2.13. The number of aryl methyl sites for hydroxylation is 1. The van der Waals surface area contributed by atoms with Crippen molar-refractivity contribution in [2.75, 3.05) is 18.5 Å². The Bertz CT molecular complexity index is 1030. The fraction of sp³-hybridized carbons (Fsp3) is 0.360. The summed E-state index contributed by atoms with van der Waals surface area (Å²) in [6.07, 6.45) is 5.91. The van der Waals surface area contributed by atoms with E-state index in [0.717, 1.165) is 34.0 Å². The standard InChI is InChI=1S/C25H30N2O3/c1-4-5-6-7-8-18-9-14-22-21(15-18)24(19-10-12-20(28)13-11-19)17(2)25(26-22)27(3)16-23(29)30/h9-15,28H,4-8,16H2,1-3H3,(H,29,30). The summed E-state index contributed by atoms with van der Waals surface area (Å²) in [4.78, 5) is 17.7. The van der Waals surface area contributed by atoms with Crippen LogP contribution in [0.4, 0.5) is 5.82 Å². The molecular formula is C25H30N2O3. The van der Waals surface area contributed by atoms with E-state index in [2.05, 4.69) is 19.1 Å². The number of likely N-dealkylation sites (N-methyl/N-ethyl adjacent to an activating group) is 1. The van der Waals surface area contributed by atoms with E-state index < -0.39 is 5.97 Å². The molecule has 0 saturated carbocycles. The first-order valence-electron chi connectivity index (χ1n) is 10.6. The van der Waals surface area contributed by atoms with Gasteiger partial charge in [-0.05, 0) is 60.7 Å². The van der Waals surface area contributed by atoms with Gasteiger partial charge in [0.2, 0.25) is 0 Å². The number of phenolic OH excluding ortho intramolecular Hbond substituents is 1. The normalized spacial score (nSPS) is 11.0. The van der Waals surface area contributed by atoms with Crippen molar-refractivity contribution in [3.63, 3.8) is 0 Å². The number of rotatable bonds is 9. The zero-order valence-electron chi connectivity index (χ0n) is 18.0. The van der Waals surface area contributed by atoms with Crippen molar-refractivity contribution in [2.24, 2.45) is 0 Å². The molecule has 3 aromatic rings. The Morgan fingerprint density at radius 2 is 1.80 bits per heavy atom. The van der Waals surface area contributed by atoms with Crippen LogP contribution in [0.2, 0.25) is 0 Å². The summed E-state index contributed by atoms with van der Waals surface area (Å²) in [5.41, 5.74) is 5.06. The minimum atomic E-state index is -0.896. The summed E-state index contributed by atoms with van der Waals surface area (Å²) in [5, 5.41) is 20.0. The number of nitrogens with zero attached hydrogens (tertiary/aromatic N) is 2. The second-order valence-electron chi connectivity index (χ2n) is 7.89. The number of benzene rings is 2. The molecule has 0 aliphatic rings. The molecule has 0 atom stereocenters. The van der Waals surface area contributed by atoms with E-state index in [1.807, 2.05) is 25.1 Å². The van der Waals surface area contributed by atoms with Crippen LogP contribution in [-0.4, -0.2) is 34.8 Å². The van der Waals surface area contributed by atoms with Gasteiger partial charge in [0.05, 0.1) is 5.52 Å². The largest absolute Gasteiger partial charge is 0.508 e. The summed E-state index contributed by atoms with van der Waals surface area (Å²) in [6, 6.07) is 13.5. The number of carboxylic acids is 1. The van der Waals surface area contributed by atoms with Crippen LogP contribution < -0.4 is 4.90 Å². The van der Waals surface area contributed by atoms with Crippen molar-refractivity contribution in [3.05, 3.63) is 53.6 Å². The van der Waals surface area contributed by atoms with Gasteiger partial charge in [-0.2, -0.15) is 0 Å². The molecular weight excluding hydrogens is 376 g/mol. The number of fused-ring (bicyclic) bond motifs is 1. The summed E-state index contributed by atoms with van der Waals surface area (Å²) >= 11 is 0. The second-order valence-corrected chi connectivity index (χ2v) is 7.89. The molecule has 0 radical (unpaired) electrons. The molecule has 158 valence electrons. The van der Waals surface area contributed by atoms with Crippen LogP contribution in [0.15, 0.2) is 42.5 Å². The molecule has 0 bridgehead atoms. The van der Waals surface area contributed by atoms with Crippen molar-refractivity contribution in [2.45, 2.75) is 46.0 Å². The van der Waals surface area contributed by atoms with E-state index in [1.54, 1.807) is 24.1 Å². The summed E-state index contributed by atoms with van der Waals surface area (Å²) in [5.74, 6) is -0.0225. The highest BCUT2D eigenvalue weighted by atomic mass is 16.4. The number of aromatic nitrogens is 1. The van der Waals surface area contributed by atoms with E-state index >= 15 is 0 Å². The maximum absolute atomic E-state index is 11.2. The van der Waals surface area contributed by atoms with Crippen molar-refractivity contribution in [3.8, 4) is 16.9 Å². The highest BCUT2D eigenvalue weighted by Crippen LogP contribution is 2.37. The Labute approximate surface area is 178 Å². The van der Waals surface area contributed by atoms with Gasteiger partial charge in [-0.1, -0.05) is 44.4 Å². The first kappa shape index (κ1) is 21.6. The lowest BCUT2D eigenvalue weighted by Gasteiger charge is -2.22. The first-order valence-corrected chi connectivity index (χ1v) is 10.6. The van der Waals surface area contributed by atoms with Crippen LogP contribution in [0.1, 0.15) is 43.7 Å². The van der Waals surface area contributed by atoms with E-state index in [1.165, 1.54) is 31.2 Å². The average Bonchev–Trinajstić information content (AvgIpc) is 2.71. The van der Waals surface area contributed by atoms with Crippen LogP contribution in [0.5, 0.6) is 5.75 Å². The molecule has 1 heterocycles. The number of aromatic hydroxyl groups is 1. The molecule has 0 aliphatic carbocycles. The molecule has 1 aromatic heterocycles. The van der Waals surface area contributed by atoms with Crippen LogP contribution in [0, 0.1) is 6.92 Å². The number of aliphatic carboxylic acids is 1. The van der Waals surface area contributed by atoms with Gasteiger partial charge in [0.15, 0.2) is 0 Å². The molecule has 0 amide bonds. The smallest absolute Gasteiger partial charge is 0.323 e. The summed E-state index contributed by atoms with van der Waals surface area (Å²) in [7, 11) is 1.75. The third-order valence-electron chi connectivity index (χ3n) is 5.48. The Kier molecular flexibility index (Phi) is 6.93. The van der Waals surface area contributed by atoms with Gasteiger partial charge in [-0.15, -0.1) is 0 Å². The Morgan fingerprint density at radius 3 is 2.47 bits per heavy atom. The number of hydrogen-bond donors (Lipinski definition) is 2. The SMILES string of the molecule is CCCCCCc1ccc2nc(N(C)CC(=O)O)c(C)c(-c3ccc(O)cc3)c2c1. The highest BCUT2D eigenvalue weighted by molar-refractivity contribution is 5.99. The predicted octanol–water partition coefficient (Wildman–Crippen LogP) is 5.56. The minimum Gasteiger partial charge on any atom is -0.508 e. The second kappa shape index (κ2) is 9.61. The van der Waals surface area contributed by atoms with Crippen molar-refractivity contribution in [1.82, 2.24) is 4.98 Å². The number of unbranched alkanes of at least 4 members (excludes halogenated alkanes) is 3. The van der Waals surface area contributed by atoms with Crippen molar-refractivity contribution < 1.29 is 15.0 Å². The minimum absolute atomic E-state index is 0.121. The van der Waals surface area contributed by atoms with Crippen LogP contribution in [-0.2, 0) is 11.2 Å². The molecule has 2 N–H and O–H groups in total. The number of pyridine rings is 1. The quantitative estimate of drug-likeness (QED) is 0.455. The lowest BCUT2D eigenvalue weighted by Crippen LogP contribution is -2.26.